The van der Waals surface area contributed by atoms with Crippen molar-refractivity contribution in [2.24, 2.45) is 5.92 Å². The second-order valence-corrected chi connectivity index (χ2v) is 6.26. The van der Waals surface area contributed by atoms with Crippen LogP contribution in [0.3, 0.4) is 0 Å². The molecular formula is C14H25F3N2. The third-order valence-electron chi connectivity index (χ3n) is 4.84. The van der Waals surface area contributed by atoms with E-state index in [4.69, 9.17) is 0 Å². The number of hydrogen-bond donors (Lipinski definition) is 1. The van der Waals surface area contributed by atoms with Crippen molar-refractivity contribution >= 4 is 0 Å². The van der Waals surface area contributed by atoms with Gasteiger partial charge in [0.25, 0.3) is 0 Å². The first-order valence-electron chi connectivity index (χ1n) is 7.41. The van der Waals surface area contributed by atoms with Gasteiger partial charge in [0.15, 0.2) is 0 Å². The van der Waals surface area contributed by atoms with E-state index in [-0.39, 0.29) is 12.1 Å². The molecule has 2 rings (SSSR count). The first kappa shape index (κ1) is 15.1. The maximum Gasteiger partial charge on any atom is 0.393 e. The lowest BCUT2D eigenvalue weighted by Gasteiger charge is -2.40. The fraction of sp³-hybridized carbons (Fsp3) is 1.00. The highest BCUT2D eigenvalue weighted by molar-refractivity contribution is 4.90. The number of nitrogens with zero attached hydrogens (tertiary/aromatic N) is 1. The molecular weight excluding hydrogens is 253 g/mol. The summed E-state index contributed by atoms with van der Waals surface area (Å²) in [6.45, 7) is 3.12. The molecule has 4 unspecified atom stereocenters. The van der Waals surface area contributed by atoms with Crippen LogP contribution in [0, 0.1) is 5.92 Å². The highest BCUT2D eigenvalue weighted by Gasteiger charge is 2.46. The number of alkyl halides is 3. The molecule has 5 heteroatoms. The third-order valence-corrected chi connectivity index (χ3v) is 4.84. The standard InChI is InChI=1S/C14H25F3N2/c1-10-9-11(7-8-19(10)2)18-13-6-4-3-5-12(13)14(15,16)17/h10-13,18H,3-9H2,1-2H3. The lowest BCUT2D eigenvalue weighted by molar-refractivity contribution is -0.189. The number of halogens is 3. The van der Waals surface area contributed by atoms with Gasteiger partial charge >= 0.3 is 6.18 Å². The van der Waals surface area contributed by atoms with Crippen LogP contribution in [0.2, 0.25) is 0 Å². The number of piperidine rings is 1. The number of rotatable bonds is 2. The second-order valence-electron chi connectivity index (χ2n) is 6.26. The van der Waals surface area contributed by atoms with Crippen molar-refractivity contribution in [2.45, 2.75) is 69.8 Å². The van der Waals surface area contributed by atoms with Gasteiger partial charge < -0.3 is 10.2 Å². The van der Waals surface area contributed by atoms with Crippen LogP contribution < -0.4 is 5.32 Å². The molecule has 1 aliphatic heterocycles. The molecule has 0 aromatic heterocycles. The SMILES string of the molecule is CC1CC(NC2CCCCC2C(F)(F)F)CCN1C. The zero-order valence-electron chi connectivity index (χ0n) is 11.8. The van der Waals surface area contributed by atoms with Crippen molar-refractivity contribution in [1.29, 1.82) is 0 Å². The first-order valence-corrected chi connectivity index (χ1v) is 7.41. The largest absolute Gasteiger partial charge is 0.393 e. The first-order chi connectivity index (χ1) is 8.88. The zero-order chi connectivity index (χ0) is 14.0. The molecule has 4 atom stereocenters. The Morgan fingerprint density at radius 1 is 1.11 bits per heavy atom. The van der Waals surface area contributed by atoms with Gasteiger partial charge in [-0.2, -0.15) is 13.2 Å². The van der Waals surface area contributed by atoms with Gasteiger partial charge in [0.2, 0.25) is 0 Å². The highest BCUT2D eigenvalue weighted by atomic mass is 19.4. The van der Waals surface area contributed by atoms with E-state index >= 15 is 0 Å². The van der Waals surface area contributed by atoms with Gasteiger partial charge in [-0.15, -0.1) is 0 Å². The van der Waals surface area contributed by atoms with E-state index in [9.17, 15) is 13.2 Å². The molecule has 2 fully saturated rings. The van der Waals surface area contributed by atoms with Gasteiger partial charge in [0.05, 0.1) is 5.92 Å². The van der Waals surface area contributed by atoms with Crippen LogP contribution in [-0.4, -0.2) is 42.8 Å². The minimum Gasteiger partial charge on any atom is -0.311 e. The number of hydrogen-bond acceptors (Lipinski definition) is 2. The maximum absolute atomic E-state index is 13.0. The van der Waals surface area contributed by atoms with Crippen molar-refractivity contribution in [2.75, 3.05) is 13.6 Å². The third kappa shape index (κ3) is 3.85. The zero-order valence-corrected chi connectivity index (χ0v) is 11.8. The molecule has 1 saturated heterocycles. The lowest BCUT2D eigenvalue weighted by Crippen LogP contribution is -2.53. The molecule has 0 aromatic rings. The molecule has 2 nitrogen and oxygen atoms in total. The summed E-state index contributed by atoms with van der Waals surface area (Å²) in [6, 6.07) is 0.340. The Labute approximate surface area is 113 Å². The Bertz CT molecular complexity index is 293. The molecule has 19 heavy (non-hydrogen) atoms. The molecule has 0 amide bonds. The van der Waals surface area contributed by atoms with E-state index in [1.807, 2.05) is 0 Å². The summed E-state index contributed by atoms with van der Waals surface area (Å²) < 4.78 is 39.1. The summed E-state index contributed by atoms with van der Waals surface area (Å²) in [6.07, 6.45) is 0.474. The normalized spacial score (nSPS) is 38.4. The Kier molecular flexibility index (Phi) is 4.77. The predicted molar refractivity (Wildman–Crippen MR) is 70.1 cm³/mol. The van der Waals surface area contributed by atoms with Gasteiger partial charge in [-0.25, -0.2) is 0 Å². The smallest absolute Gasteiger partial charge is 0.311 e. The lowest BCUT2D eigenvalue weighted by atomic mass is 9.83. The topological polar surface area (TPSA) is 15.3 Å². The maximum atomic E-state index is 13.0. The van der Waals surface area contributed by atoms with Crippen LogP contribution in [0.15, 0.2) is 0 Å². The summed E-state index contributed by atoms with van der Waals surface area (Å²) >= 11 is 0. The minimum absolute atomic E-state index is 0.249. The quantitative estimate of drug-likeness (QED) is 0.834. The second kappa shape index (κ2) is 6.00. The Morgan fingerprint density at radius 2 is 1.79 bits per heavy atom. The molecule has 0 spiro atoms. The summed E-state index contributed by atoms with van der Waals surface area (Å²) in [7, 11) is 2.08. The van der Waals surface area contributed by atoms with Crippen LogP contribution in [0.1, 0.15) is 45.4 Å². The summed E-state index contributed by atoms with van der Waals surface area (Å²) in [5.74, 6) is -1.14. The average molecular weight is 278 g/mol. The molecule has 1 aliphatic carbocycles. The van der Waals surface area contributed by atoms with E-state index in [0.717, 1.165) is 25.8 Å². The van der Waals surface area contributed by atoms with E-state index in [0.29, 0.717) is 25.3 Å². The predicted octanol–water partition coefficient (Wildman–Crippen LogP) is 3.18. The van der Waals surface area contributed by atoms with E-state index < -0.39 is 12.1 Å². The van der Waals surface area contributed by atoms with Crippen LogP contribution >= 0.6 is 0 Å². The monoisotopic (exact) mass is 278 g/mol. The Balaban J connectivity index is 1.93. The Hall–Kier alpha value is -0.290. The fourth-order valence-electron chi connectivity index (χ4n) is 3.47. The molecule has 0 aromatic carbocycles. The Morgan fingerprint density at radius 3 is 2.42 bits per heavy atom. The van der Waals surface area contributed by atoms with Crippen LogP contribution in [0.5, 0.6) is 0 Å². The van der Waals surface area contributed by atoms with Crippen molar-refractivity contribution < 1.29 is 13.2 Å². The van der Waals surface area contributed by atoms with Gasteiger partial charge in [0.1, 0.15) is 0 Å². The molecule has 112 valence electrons. The van der Waals surface area contributed by atoms with Gasteiger partial charge in [-0.3, -0.25) is 0 Å². The van der Waals surface area contributed by atoms with Crippen LogP contribution in [0.25, 0.3) is 0 Å². The molecule has 1 N–H and O–H groups in total. The van der Waals surface area contributed by atoms with Gasteiger partial charge in [-0.05, 0) is 46.2 Å². The molecule has 1 heterocycles. The molecule has 2 aliphatic rings. The number of nitrogens with one attached hydrogen (secondary N) is 1. The van der Waals surface area contributed by atoms with E-state index in [1.165, 1.54) is 0 Å². The van der Waals surface area contributed by atoms with Crippen molar-refractivity contribution in [3.8, 4) is 0 Å². The number of likely N-dealkylation sites (tertiary alicyclic amines) is 1. The summed E-state index contributed by atoms with van der Waals surface area (Å²) in [5.41, 5.74) is 0. The minimum atomic E-state index is -4.05. The molecule has 0 bridgehead atoms. The summed E-state index contributed by atoms with van der Waals surface area (Å²) in [5, 5.41) is 3.32. The highest BCUT2D eigenvalue weighted by Crippen LogP contribution is 2.38. The van der Waals surface area contributed by atoms with Crippen molar-refractivity contribution in [1.82, 2.24) is 10.2 Å². The van der Waals surface area contributed by atoms with Crippen molar-refractivity contribution in [3.05, 3.63) is 0 Å². The van der Waals surface area contributed by atoms with E-state index in [2.05, 4.69) is 24.2 Å². The average Bonchev–Trinajstić information content (AvgIpc) is 2.33. The molecule has 0 radical (unpaired) electrons. The fourth-order valence-corrected chi connectivity index (χ4v) is 3.47. The van der Waals surface area contributed by atoms with Gasteiger partial charge in [0, 0.05) is 18.1 Å². The summed E-state index contributed by atoms with van der Waals surface area (Å²) in [4.78, 5) is 2.28. The van der Waals surface area contributed by atoms with Gasteiger partial charge in [-0.1, -0.05) is 12.8 Å². The van der Waals surface area contributed by atoms with Crippen LogP contribution in [0.4, 0.5) is 13.2 Å². The van der Waals surface area contributed by atoms with Crippen LogP contribution in [-0.2, 0) is 0 Å². The van der Waals surface area contributed by atoms with E-state index in [1.54, 1.807) is 0 Å². The molecule has 1 saturated carbocycles. The van der Waals surface area contributed by atoms with Crippen molar-refractivity contribution in [3.63, 3.8) is 0 Å².